The van der Waals surface area contributed by atoms with Crippen LogP contribution in [0.25, 0.3) is 16.3 Å². The van der Waals surface area contributed by atoms with Gasteiger partial charge in [0, 0.05) is 24.4 Å². The van der Waals surface area contributed by atoms with Crippen molar-refractivity contribution >= 4 is 45.6 Å². The molecule has 0 radical (unpaired) electrons. The number of carbonyl (C=O) groups excluding carboxylic acids is 2. The van der Waals surface area contributed by atoms with E-state index in [1.54, 1.807) is 30.6 Å². The Kier molecular flexibility index (Phi) is 8.59. The van der Waals surface area contributed by atoms with Gasteiger partial charge in [-0.25, -0.2) is 9.67 Å². The third-order valence-electron chi connectivity index (χ3n) is 5.95. The molecule has 0 aliphatic heterocycles. The number of aromatic nitrogens is 4. The number of aryl methyl sites for hydroxylation is 2. The lowest BCUT2D eigenvalue weighted by molar-refractivity contribution is -0.137. The molecule has 8 nitrogen and oxygen atoms in total. The molecule has 4 rings (SSSR count). The summed E-state index contributed by atoms with van der Waals surface area (Å²) >= 11 is 7.34. The second kappa shape index (κ2) is 11.8. The van der Waals surface area contributed by atoms with E-state index in [2.05, 4.69) is 25.9 Å². The summed E-state index contributed by atoms with van der Waals surface area (Å²) in [5.41, 5.74) is 1.42. The number of carbonyl (C=O) groups is 2. The first-order valence-corrected chi connectivity index (χ1v) is 13.5. The van der Waals surface area contributed by atoms with Crippen molar-refractivity contribution < 1.29 is 22.8 Å². The highest BCUT2D eigenvalue weighted by Gasteiger charge is 2.35. The van der Waals surface area contributed by atoms with E-state index in [-0.39, 0.29) is 28.1 Å². The van der Waals surface area contributed by atoms with Gasteiger partial charge in [-0.2, -0.15) is 13.2 Å². The van der Waals surface area contributed by atoms with Crippen LogP contribution in [0.2, 0.25) is 5.02 Å². The van der Waals surface area contributed by atoms with Gasteiger partial charge in [0.15, 0.2) is 5.13 Å². The lowest BCUT2D eigenvalue weighted by Gasteiger charge is -2.17. The smallest absolute Gasteiger partial charge is 0.322 e. The van der Waals surface area contributed by atoms with E-state index in [0.717, 1.165) is 11.6 Å². The largest absolute Gasteiger partial charge is 0.417 e. The molecule has 0 unspecified atom stereocenters. The van der Waals surface area contributed by atoms with E-state index >= 15 is 0 Å². The van der Waals surface area contributed by atoms with Crippen LogP contribution in [0.4, 0.5) is 24.0 Å². The van der Waals surface area contributed by atoms with Crippen LogP contribution in [0.15, 0.2) is 42.7 Å². The predicted octanol–water partition coefficient (Wildman–Crippen LogP) is 7.17. The number of nitrogens with one attached hydrogen (secondary N) is 2. The molecular formula is C27H26ClF3N6O2S. The van der Waals surface area contributed by atoms with Crippen molar-refractivity contribution in [2.75, 3.05) is 10.6 Å². The average Bonchev–Trinajstić information content (AvgIpc) is 3.53. The summed E-state index contributed by atoms with van der Waals surface area (Å²) in [6, 6.07) is 7.21. The van der Waals surface area contributed by atoms with Crippen LogP contribution in [0, 0.1) is 12.8 Å². The van der Waals surface area contributed by atoms with Crippen LogP contribution < -0.4 is 10.6 Å². The van der Waals surface area contributed by atoms with Gasteiger partial charge in [-0.3, -0.25) is 9.59 Å². The highest BCUT2D eigenvalue weighted by Crippen LogP contribution is 2.39. The zero-order chi connectivity index (χ0) is 29.2. The van der Waals surface area contributed by atoms with Crippen molar-refractivity contribution in [1.29, 1.82) is 0 Å². The standard InChI is InChI=1S/C27H26ClF3N6O2S/c1-14(2)5-7-17-9-19(11-20(24(17)28)27(29,30)31)34-25(39)18-8-6-15(3)22(10-18)37-13-21(35-36-37)23-12-32-26(40-23)33-16(4)38/h6,8-14H,5,7H2,1-4H3,(H,34,39)(H,32,33,38). The quantitative estimate of drug-likeness (QED) is 0.226. The molecule has 0 fully saturated rings. The molecule has 0 saturated carbocycles. The van der Waals surface area contributed by atoms with Crippen LogP contribution >= 0.6 is 22.9 Å². The van der Waals surface area contributed by atoms with Crippen molar-refractivity contribution in [2.24, 2.45) is 5.92 Å². The fourth-order valence-corrected chi connectivity index (χ4v) is 5.01. The number of benzene rings is 2. The van der Waals surface area contributed by atoms with Crippen LogP contribution in [0.5, 0.6) is 0 Å². The topological polar surface area (TPSA) is 102 Å². The number of nitrogens with zero attached hydrogens (tertiary/aromatic N) is 4. The minimum Gasteiger partial charge on any atom is -0.322 e. The van der Waals surface area contributed by atoms with Crippen molar-refractivity contribution in [1.82, 2.24) is 20.0 Å². The van der Waals surface area contributed by atoms with E-state index in [9.17, 15) is 22.8 Å². The Balaban J connectivity index is 1.60. The summed E-state index contributed by atoms with van der Waals surface area (Å²) in [6.45, 7) is 7.16. The summed E-state index contributed by atoms with van der Waals surface area (Å²) in [4.78, 5) is 29.2. The number of anilines is 2. The normalized spacial score (nSPS) is 11.6. The summed E-state index contributed by atoms with van der Waals surface area (Å²) in [7, 11) is 0. The van der Waals surface area contributed by atoms with Crippen molar-refractivity contribution in [3.05, 3.63) is 70.0 Å². The number of hydrogen-bond donors (Lipinski definition) is 2. The first-order valence-electron chi connectivity index (χ1n) is 12.3. The molecule has 2 aromatic carbocycles. The van der Waals surface area contributed by atoms with E-state index < -0.39 is 17.6 Å². The van der Waals surface area contributed by atoms with Crippen LogP contribution in [0.1, 0.15) is 54.2 Å². The first-order chi connectivity index (χ1) is 18.8. The Morgan fingerprint density at radius 1 is 1.15 bits per heavy atom. The van der Waals surface area contributed by atoms with Gasteiger partial charge < -0.3 is 10.6 Å². The monoisotopic (exact) mass is 590 g/mol. The van der Waals surface area contributed by atoms with Gasteiger partial charge in [0.25, 0.3) is 5.91 Å². The van der Waals surface area contributed by atoms with E-state index in [1.807, 2.05) is 20.8 Å². The second-order valence-electron chi connectivity index (χ2n) is 9.64. The molecule has 2 amide bonds. The van der Waals surface area contributed by atoms with Crippen molar-refractivity contribution in [3.63, 3.8) is 0 Å². The van der Waals surface area contributed by atoms with Gasteiger partial charge in [0.1, 0.15) is 5.69 Å². The van der Waals surface area contributed by atoms with Crippen LogP contribution in [-0.2, 0) is 17.4 Å². The predicted molar refractivity (Wildman–Crippen MR) is 149 cm³/mol. The van der Waals surface area contributed by atoms with Gasteiger partial charge in [-0.15, -0.1) is 5.10 Å². The first kappa shape index (κ1) is 29.2. The van der Waals surface area contributed by atoms with E-state index in [1.165, 1.54) is 29.0 Å². The molecule has 13 heteroatoms. The zero-order valence-electron chi connectivity index (χ0n) is 22.1. The van der Waals surface area contributed by atoms with Crippen molar-refractivity contribution in [3.8, 4) is 16.3 Å². The molecule has 0 saturated heterocycles. The molecule has 0 aliphatic rings. The molecule has 0 bridgehead atoms. The Morgan fingerprint density at radius 3 is 2.58 bits per heavy atom. The third kappa shape index (κ3) is 6.86. The Hall–Kier alpha value is -3.77. The summed E-state index contributed by atoms with van der Waals surface area (Å²) in [6.07, 6.45) is -0.458. The summed E-state index contributed by atoms with van der Waals surface area (Å²) in [5, 5.41) is 13.6. The van der Waals surface area contributed by atoms with E-state index in [0.29, 0.717) is 39.8 Å². The molecule has 0 aliphatic carbocycles. The maximum absolute atomic E-state index is 13.7. The Bertz CT molecular complexity index is 1560. The molecule has 2 N–H and O–H groups in total. The van der Waals surface area contributed by atoms with Gasteiger partial charge in [0.2, 0.25) is 5.91 Å². The fourth-order valence-electron chi connectivity index (χ4n) is 3.89. The van der Waals surface area contributed by atoms with Gasteiger partial charge >= 0.3 is 6.18 Å². The Morgan fingerprint density at radius 2 is 1.90 bits per heavy atom. The van der Waals surface area contributed by atoms with Gasteiger partial charge in [0.05, 0.1) is 27.3 Å². The second-order valence-corrected chi connectivity index (χ2v) is 11.1. The van der Waals surface area contributed by atoms with E-state index in [4.69, 9.17) is 11.6 Å². The van der Waals surface area contributed by atoms with Crippen LogP contribution in [-0.4, -0.2) is 31.8 Å². The third-order valence-corrected chi connectivity index (χ3v) is 7.34. The minimum absolute atomic E-state index is 0.00539. The fraction of sp³-hybridized carbons (Fsp3) is 0.296. The molecular weight excluding hydrogens is 565 g/mol. The molecule has 210 valence electrons. The average molecular weight is 591 g/mol. The maximum atomic E-state index is 13.7. The zero-order valence-corrected chi connectivity index (χ0v) is 23.6. The molecule has 2 heterocycles. The number of amides is 2. The lowest BCUT2D eigenvalue weighted by atomic mass is 9.99. The number of hydrogen-bond acceptors (Lipinski definition) is 6. The van der Waals surface area contributed by atoms with Gasteiger partial charge in [-0.1, -0.05) is 48.1 Å². The molecule has 2 aromatic heterocycles. The SMILES string of the molecule is CC(=O)Nc1ncc(-c2cn(-c3cc(C(=O)Nc4cc(CCC(C)C)c(Cl)c(C(F)(F)F)c4)ccc3C)nn2)s1. The molecule has 0 spiro atoms. The van der Waals surface area contributed by atoms with Crippen LogP contribution in [0.3, 0.4) is 0 Å². The highest BCUT2D eigenvalue weighted by molar-refractivity contribution is 7.19. The lowest BCUT2D eigenvalue weighted by Crippen LogP contribution is -2.15. The Labute approximate surface area is 237 Å². The minimum atomic E-state index is -4.67. The molecule has 0 atom stereocenters. The number of halogens is 4. The highest BCUT2D eigenvalue weighted by atomic mass is 35.5. The number of rotatable bonds is 8. The van der Waals surface area contributed by atoms with Crippen molar-refractivity contribution in [2.45, 2.75) is 46.7 Å². The molecule has 4 aromatic rings. The maximum Gasteiger partial charge on any atom is 0.417 e. The number of alkyl halides is 3. The van der Waals surface area contributed by atoms with Gasteiger partial charge in [-0.05, 0) is 61.1 Å². The summed E-state index contributed by atoms with van der Waals surface area (Å²) < 4.78 is 42.6. The molecule has 40 heavy (non-hydrogen) atoms. The number of thiazole rings is 1. The summed E-state index contributed by atoms with van der Waals surface area (Å²) in [5.74, 6) is -0.563.